The summed E-state index contributed by atoms with van der Waals surface area (Å²) in [5.41, 5.74) is 2.65. The average molecular weight is 427 g/mol. The van der Waals surface area contributed by atoms with Crippen LogP contribution in [0.2, 0.25) is 0 Å². The third-order valence-corrected chi connectivity index (χ3v) is 6.05. The van der Waals surface area contributed by atoms with E-state index >= 15 is 0 Å². The molecule has 5 nitrogen and oxygen atoms in total. The molecular weight excluding hydrogens is 403 g/mol. The highest BCUT2D eigenvalue weighted by atomic mass is 32.2. The van der Waals surface area contributed by atoms with Gasteiger partial charge in [-0.15, -0.1) is 0 Å². The second kappa shape index (κ2) is 8.67. The third-order valence-electron chi connectivity index (χ3n) is 4.69. The van der Waals surface area contributed by atoms with E-state index in [-0.39, 0.29) is 22.1 Å². The predicted molar refractivity (Wildman–Crippen MR) is 117 cm³/mol. The summed E-state index contributed by atoms with van der Waals surface area (Å²) in [4.78, 5) is 12.7. The van der Waals surface area contributed by atoms with E-state index in [9.17, 15) is 17.6 Å². The molecule has 3 aromatic carbocycles. The summed E-state index contributed by atoms with van der Waals surface area (Å²) >= 11 is 0. The zero-order valence-electron chi connectivity index (χ0n) is 16.9. The SMILES string of the molecule is Cc1cccc(C(C)C)c1NC(=O)c1cccc(S(=O)(=O)Nc2ccccc2F)c1. The molecule has 3 rings (SSSR count). The molecule has 30 heavy (non-hydrogen) atoms. The van der Waals surface area contributed by atoms with Gasteiger partial charge in [0.25, 0.3) is 15.9 Å². The van der Waals surface area contributed by atoms with Crippen molar-refractivity contribution < 1.29 is 17.6 Å². The van der Waals surface area contributed by atoms with Crippen molar-refractivity contribution in [3.63, 3.8) is 0 Å². The molecule has 156 valence electrons. The lowest BCUT2D eigenvalue weighted by molar-refractivity contribution is 0.102. The monoisotopic (exact) mass is 426 g/mol. The minimum Gasteiger partial charge on any atom is -0.321 e. The van der Waals surface area contributed by atoms with E-state index in [0.29, 0.717) is 0 Å². The molecule has 0 aliphatic carbocycles. The second-order valence-corrected chi connectivity index (χ2v) is 8.94. The smallest absolute Gasteiger partial charge is 0.262 e. The van der Waals surface area contributed by atoms with Gasteiger partial charge in [-0.1, -0.05) is 50.2 Å². The number of anilines is 2. The molecule has 0 bridgehead atoms. The number of carbonyl (C=O) groups is 1. The molecule has 0 spiro atoms. The Morgan fingerprint density at radius 1 is 0.967 bits per heavy atom. The Kier molecular flexibility index (Phi) is 6.22. The summed E-state index contributed by atoms with van der Waals surface area (Å²) in [6.45, 7) is 5.97. The quantitative estimate of drug-likeness (QED) is 0.561. The standard InChI is InChI=1S/C23H23FN2O3S/c1-15(2)19-11-6-8-16(3)22(19)25-23(27)17-9-7-10-18(14-17)30(28,29)26-21-13-5-4-12-20(21)24/h4-15,26H,1-3H3,(H,25,27). The van der Waals surface area contributed by atoms with Crippen molar-refractivity contribution >= 4 is 27.3 Å². The third kappa shape index (κ3) is 4.68. The number of hydrogen-bond acceptors (Lipinski definition) is 3. The van der Waals surface area contributed by atoms with Gasteiger partial charge in [0.2, 0.25) is 0 Å². The lowest BCUT2D eigenvalue weighted by Gasteiger charge is -2.16. The second-order valence-electron chi connectivity index (χ2n) is 7.26. The van der Waals surface area contributed by atoms with Gasteiger partial charge < -0.3 is 5.32 Å². The predicted octanol–water partition coefficient (Wildman–Crippen LogP) is 5.31. The number of halogens is 1. The molecule has 0 aromatic heterocycles. The molecule has 0 unspecified atom stereocenters. The lowest BCUT2D eigenvalue weighted by atomic mass is 9.98. The molecule has 2 N–H and O–H groups in total. The van der Waals surface area contributed by atoms with Gasteiger partial charge in [0.05, 0.1) is 10.6 Å². The van der Waals surface area contributed by atoms with E-state index in [1.807, 2.05) is 39.0 Å². The normalized spacial score (nSPS) is 11.4. The Labute approximate surface area is 176 Å². The molecular formula is C23H23FN2O3S. The number of amides is 1. The first-order valence-corrected chi connectivity index (χ1v) is 11.0. The molecule has 0 heterocycles. The van der Waals surface area contributed by atoms with Gasteiger partial charge in [-0.05, 0) is 54.3 Å². The average Bonchev–Trinajstić information content (AvgIpc) is 2.71. The van der Waals surface area contributed by atoms with Crippen molar-refractivity contribution in [3.8, 4) is 0 Å². The molecule has 0 aliphatic heterocycles. The number of carbonyl (C=O) groups excluding carboxylic acids is 1. The van der Waals surface area contributed by atoms with E-state index in [0.717, 1.165) is 22.9 Å². The van der Waals surface area contributed by atoms with Crippen LogP contribution < -0.4 is 10.0 Å². The molecule has 3 aromatic rings. The topological polar surface area (TPSA) is 75.3 Å². The maximum absolute atomic E-state index is 13.8. The maximum Gasteiger partial charge on any atom is 0.262 e. The van der Waals surface area contributed by atoms with E-state index in [1.165, 1.54) is 42.5 Å². The summed E-state index contributed by atoms with van der Waals surface area (Å²) in [6, 6.07) is 16.9. The van der Waals surface area contributed by atoms with Gasteiger partial charge in [-0.3, -0.25) is 9.52 Å². The van der Waals surface area contributed by atoms with Gasteiger partial charge in [0.15, 0.2) is 0 Å². The van der Waals surface area contributed by atoms with Crippen molar-refractivity contribution in [1.29, 1.82) is 0 Å². The van der Waals surface area contributed by atoms with Crippen LogP contribution in [0.1, 0.15) is 41.3 Å². The van der Waals surface area contributed by atoms with Crippen LogP contribution in [-0.2, 0) is 10.0 Å². The number of rotatable bonds is 6. The minimum atomic E-state index is -4.06. The largest absolute Gasteiger partial charge is 0.321 e. The van der Waals surface area contributed by atoms with E-state index in [2.05, 4.69) is 10.0 Å². The highest BCUT2D eigenvalue weighted by molar-refractivity contribution is 7.92. The summed E-state index contributed by atoms with van der Waals surface area (Å²) in [6.07, 6.45) is 0. The number of sulfonamides is 1. The first kappa shape index (κ1) is 21.5. The first-order chi connectivity index (χ1) is 14.2. The Morgan fingerprint density at radius 2 is 1.67 bits per heavy atom. The molecule has 7 heteroatoms. The lowest BCUT2D eigenvalue weighted by Crippen LogP contribution is -2.17. The molecule has 1 amide bonds. The van der Waals surface area contributed by atoms with Crippen LogP contribution in [0.25, 0.3) is 0 Å². The zero-order valence-corrected chi connectivity index (χ0v) is 17.8. The Bertz CT molecular complexity index is 1190. The fourth-order valence-corrected chi connectivity index (χ4v) is 4.19. The maximum atomic E-state index is 13.8. The van der Waals surface area contributed by atoms with Crippen molar-refractivity contribution in [3.05, 3.63) is 89.2 Å². The van der Waals surface area contributed by atoms with Crippen LogP contribution in [0.5, 0.6) is 0 Å². The van der Waals surface area contributed by atoms with Crippen LogP contribution in [0.3, 0.4) is 0 Å². The first-order valence-electron chi connectivity index (χ1n) is 9.47. The van der Waals surface area contributed by atoms with Crippen molar-refractivity contribution in [2.75, 3.05) is 10.0 Å². The van der Waals surface area contributed by atoms with Crippen LogP contribution in [-0.4, -0.2) is 14.3 Å². The fraction of sp³-hybridized carbons (Fsp3) is 0.174. The summed E-state index contributed by atoms with van der Waals surface area (Å²) < 4.78 is 41.4. The van der Waals surface area contributed by atoms with Crippen LogP contribution in [0.15, 0.2) is 71.6 Å². The Hall–Kier alpha value is -3.19. The summed E-state index contributed by atoms with van der Waals surface area (Å²) in [5, 5.41) is 2.90. The molecule has 0 radical (unpaired) electrons. The van der Waals surface area contributed by atoms with Crippen molar-refractivity contribution in [2.45, 2.75) is 31.6 Å². The Balaban J connectivity index is 1.89. The molecule has 0 aliphatic rings. The van der Waals surface area contributed by atoms with Gasteiger partial charge >= 0.3 is 0 Å². The highest BCUT2D eigenvalue weighted by Crippen LogP contribution is 2.28. The molecule has 0 fully saturated rings. The van der Waals surface area contributed by atoms with Crippen LogP contribution in [0, 0.1) is 12.7 Å². The summed E-state index contributed by atoms with van der Waals surface area (Å²) in [5.74, 6) is -0.901. The van der Waals surface area contributed by atoms with Gasteiger partial charge in [-0.25, -0.2) is 12.8 Å². The van der Waals surface area contributed by atoms with Crippen molar-refractivity contribution in [1.82, 2.24) is 0 Å². The van der Waals surface area contributed by atoms with Crippen molar-refractivity contribution in [2.24, 2.45) is 0 Å². The molecule has 0 atom stereocenters. The fourth-order valence-electron chi connectivity index (χ4n) is 3.08. The minimum absolute atomic E-state index is 0.132. The van der Waals surface area contributed by atoms with Gasteiger partial charge in [0.1, 0.15) is 5.82 Å². The van der Waals surface area contributed by atoms with Crippen LogP contribution >= 0.6 is 0 Å². The van der Waals surface area contributed by atoms with Gasteiger partial charge in [0, 0.05) is 11.3 Å². The van der Waals surface area contributed by atoms with E-state index in [4.69, 9.17) is 0 Å². The Morgan fingerprint density at radius 3 is 2.37 bits per heavy atom. The summed E-state index contributed by atoms with van der Waals surface area (Å²) in [7, 11) is -4.06. The van der Waals surface area contributed by atoms with Crippen LogP contribution in [0.4, 0.5) is 15.8 Å². The number of hydrogen-bond donors (Lipinski definition) is 2. The van der Waals surface area contributed by atoms with E-state index in [1.54, 1.807) is 0 Å². The number of para-hydroxylation sites is 2. The van der Waals surface area contributed by atoms with E-state index < -0.39 is 21.7 Å². The number of aryl methyl sites for hydroxylation is 1. The zero-order chi connectivity index (χ0) is 21.9. The molecule has 0 saturated heterocycles. The number of nitrogens with one attached hydrogen (secondary N) is 2. The van der Waals surface area contributed by atoms with Gasteiger partial charge in [-0.2, -0.15) is 0 Å². The molecule has 0 saturated carbocycles. The highest BCUT2D eigenvalue weighted by Gasteiger charge is 2.19. The number of benzene rings is 3.